The van der Waals surface area contributed by atoms with Crippen molar-refractivity contribution in [2.75, 3.05) is 5.73 Å². The Hall–Kier alpha value is -1.60. The van der Waals surface area contributed by atoms with Crippen LogP contribution < -0.4 is 5.73 Å². The summed E-state index contributed by atoms with van der Waals surface area (Å²) in [4.78, 5) is -0.396. The summed E-state index contributed by atoms with van der Waals surface area (Å²) in [7, 11) is -2.27. The van der Waals surface area contributed by atoms with Crippen LogP contribution in [0.3, 0.4) is 0 Å². The molecule has 2 N–H and O–H groups in total. The van der Waals surface area contributed by atoms with E-state index in [-0.39, 0.29) is 5.69 Å². The van der Waals surface area contributed by atoms with Gasteiger partial charge in [-0.05, 0) is 24.6 Å². The van der Waals surface area contributed by atoms with E-state index in [9.17, 15) is 12.8 Å². The van der Waals surface area contributed by atoms with Crippen LogP contribution in [-0.2, 0) is 29.1 Å². The van der Waals surface area contributed by atoms with Crippen LogP contribution in [-0.4, -0.2) is 18.2 Å². The van der Waals surface area contributed by atoms with E-state index in [0.717, 1.165) is 12.1 Å². The van der Waals surface area contributed by atoms with E-state index < -0.39 is 26.3 Å². The van der Waals surface area contributed by atoms with Gasteiger partial charge in [-0.3, -0.25) is 4.68 Å². The lowest BCUT2D eigenvalue weighted by atomic mass is 10.3. The lowest BCUT2D eigenvalue weighted by Gasteiger charge is -2.07. The van der Waals surface area contributed by atoms with Crippen molar-refractivity contribution in [2.24, 2.45) is 7.05 Å². The molecule has 0 radical (unpaired) electrons. The van der Waals surface area contributed by atoms with Crippen LogP contribution in [0.1, 0.15) is 18.3 Å². The van der Waals surface area contributed by atoms with Crippen molar-refractivity contribution >= 4 is 27.1 Å². The molecule has 21 heavy (non-hydrogen) atoms. The van der Waals surface area contributed by atoms with Gasteiger partial charge in [0.25, 0.3) is 0 Å². The van der Waals surface area contributed by atoms with E-state index in [1.54, 1.807) is 7.05 Å². The van der Waals surface area contributed by atoms with E-state index in [0.29, 0.717) is 22.8 Å². The van der Waals surface area contributed by atoms with Gasteiger partial charge in [0.1, 0.15) is 10.7 Å². The van der Waals surface area contributed by atoms with Crippen molar-refractivity contribution in [2.45, 2.75) is 24.0 Å². The Kier molecular flexibility index (Phi) is 4.25. The van der Waals surface area contributed by atoms with Crippen molar-refractivity contribution in [3.63, 3.8) is 0 Å². The number of anilines is 1. The summed E-state index contributed by atoms with van der Waals surface area (Å²) in [5.74, 6) is -1.29. The Morgan fingerprint density at radius 3 is 2.62 bits per heavy atom. The van der Waals surface area contributed by atoms with E-state index in [4.69, 9.17) is 17.3 Å². The molecule has 114 valence electrons. The van der Waals surface area contributed by atoms with E-state index in [1.165, 1.54) is 10.7 Å². The minimum absolute atomic E-state index is 0.165. The molecule has 0 saturated heterocycles. The van der Waals surface area contributed by atoms with E-state index in [1.807, 2.05) is 6.92 Å². The van der Waals surface area contributed by atoms with Gasteiger partial charge >= 0.3 is 0 Å². The van der Waals surface area contributed by atoms with Gasteiger partial charge in [-0.2, -0.15) is 5.10 Å². The van der Waals surface area contributed by atoms with Gasteiger partial charge in [-0.1, -0.05) is 18.5 Å². The minimum atomic E-state index is -3.88. The molecule has 1 aromatic carbocycles. The first-order valence-corrected chi connectivity index (χ1v) is 8.27. The Bertz CT molecular complexity index is 787. The molecule has 0 spiro atoms. The van der Waals surface area contributed by atoms with E-state index >= 15 is 0 Å². The lowest BCUT2D eigenvalue weighted by Crippen LogP contribution is -2.11. The van der Waals surface area contributed by atoms with Gasteiger partial charge in [0.15, 0.2) is 9.84 Å². The molecule has 0 bridgehead atoms. The molecule has 2 aromatic rings. The van der Waals surface area contributed by atoms with Crippen LogP contribution in [0, 0.1) is 5.82 Å². The average molecular weight is 332 g/mol. The Balaban J connectivity index is 2.45. The first-order chi connectivity index (χ1) is 9.76. The molecule has 0 fully saturated rings. The number of halogens is 2. The molecule has 2 rings (SSSR count). The van der Waals surface area contributed by atoms with Crippen molar-refractivity contribution in [1.82, 2.24) is 9.78 Å². The number of rotatable bonds is 4. The van der Waals surface area contributed by atoms with Crippen LogP contribution >= 0.6 is 11.6 Å². The van der Waals surface area contributed by atoms with Crippen LogP contribution in [0.25, 0.3) is 0 Å². The van der Waals surface area contributed by atoms with Crippen molar-refractivity contribution < 1.29 is 12.8 Å². The Labute approximate surface area is 127 Å². The smallest absolute Gasteiger partial charge is 0.187 e. The number of nitrogen functional groups attached to an aromatic ring is 1. The highest BCUT2D eigenvalue weighted by molar-refractivity contribution is 7.90. The summed E-state index contributed by atoms with van der Waals surface area (Å²) >= 11 is 6.13. The van der Waals surface area contributed by atoms with Gasteiger partial charge in [0.05, 0.1) is 22.2 Å². The standard InChI is InChI=1S/C13H15ClFN3O2S/c1-3-10-13(14)11(18(2)17-10)7-21(19,20)12-5-4-8(16)6-9(12)15/h4-6H,3,7,16H2,1-2H3. The molecule has 1 heterocycles. The summed E-state index contributed by atoms with van der Waals surface area (Å²) in [5, 5.41) is 4.45. The first-order valence-electron chi connectivity index (χ1n) is 6.24. The van der Waals surface area contributed by atoms with Gasteiger partial charge in [0, 0.05) is 12.7 Å². The van der Waals surface area contributed by atoms with Crippen LogP contribution in [0.2, 0.25) is 5.02 Å². The zero-order chi connectivity index (χ0) is 15.8. The predicted molar refractivity (Wildman–Crippen MR) is 79.3 cm³/mol. The SMILES string of the molecule is CCc1nn(C)c(CS(=O)(=O)c2ccc(N)cc2F)c1Cl. The van der Waals surface area contributed by atoms with Gasteiger partial charge in [-0.15, -0.1) is 0 Å². The molecule has 0 aliphatic heterocycles. The molecular weight excluding hydrogens is 317 g/mol. The topological polar surface area (TPSA) is 78.0 Å². The summed E-state index contributed by atoms with van der Waals surface area (Å²) in [6.07, 6.45) is 0.586. The molecular formula is C13H15ClFN3O2S. The number of nitrogens with two attached hydrogens (primary N) is 1. The largest absolute Gasteiger partial charge is 0.399 e. The zero-order valence-electron chi connectivity index (χ0n) is 11.6. The molecule has 5 nitrogen and oxygen atoms in total. The number of benzene rings is 1. The molecule has 0 saturated carbocycles. The summed E-state index contributed by atoms with van der Waals surface area (Å²) in [5.41, 5.74) is 6.54. The number of hydrogen-bond donors (Lipinski definition) is 1. The third kappa shape index (κ3) is 3.03. The predicted octanol–water partition coefficient (Wildman–Crippen LogP) is 2.33. The third-order valence-electron chi connectivity index (χ3n) is 3.12. The summed E-state index contributed by atoms with van der Waals surface area (Å²) < 4.78 is 39.9. The molecule has 0 atom stereocenters. The maximum absolute atomic E-state index is 13.8. The molecule has 8 heteroatoms. The second-order valence-electron chi connectivity index (χ2n) is 4.63. The fraction of sp³-hybridized carbons (Fsp3) is 0.308. The maximum Gasteiger partial charge on any atom is 0.187 e. The highest BCUT2D eigenvalue weighted by atomic mass is 35.5. The molecule has 0 aliphatic rings. The first kappa shape index (κ1) is 15.8. The number of sulfone groups is 1. The number of aromatic nitrogens is 2. The number of nitrogens with zero attached hydrogens (tertiary/aromatic N) is 2. The van der Waals surface area contributed by atoms with Crippen LogP contribution in [0.15, 0.2) is 23.1 Å². The van der Waals surface area contributed by atoms with Gasteiger partial charge in [-0.25, -0.2) is 12.8 Å². The quantitative estimate of drug-likeness (QED) is 0.872. The number of hydrogen-bond acceptors (Lipinski definition) is 4. The van der Waals surface area contributed by atoms with Crippen LogP contribution in [0.4, 0.5) is 10.1 Å². The van der Waals surface area contributed by atoms with Crippen molar-refractivity contribution in [3.8, 4) is 0 Å². The monoisotopic (exact) mass is 331 g/mol. The zero-order valence-corrected chi connectivity index (χ0v) is 13.2. The fourth-order valence-electron chi connectivity index (χ4n) is 2.00. The number of aryl methyl sites for hydroxylation is 2. The minimum Gasteiger partial charge on any atom is -0.399 e. The molecule has 0 amide bonds. The van der Waals surface area contributed by atoms with Crippen molar-refractivity contribution in [3.05, 3.63) is 40.4 Å². The summed E-state index contributed by atoms with van der Waals surface area (Å²) in [6, 6.07) is 3.48. The highest BCUT2D eigenvalue weighted by Crippen LogP contribution is 2.27. The fourth-order valence-corrected chi connectivity index (χ4v) is 3.92. The molecule has 0 unspecified atom stereocenters. The van der Waals surface area contributed by atoms with Crippen molar-refractivity contribution in [1.29, 1.82) is 0 Å². The second-order valence-corrected chi connectivity index (χ2v) is 6.97. The maximum atomic E-state index is 13.8. The van der Waals surface area contributed by atoms with Crippen LogP contribution in [0.5, 0.6) is 0 Å². The molecule has 1 aromatic heterocycles. The molecule has 0 aliphatic carbocycles. The second kappa shape index (κ2) is 5.65. The Morgan fingerprint density at radius 1 is 1.43 bits per heavy atom. The Morgan fingerprint density at radius 2 is 2.10 bits per heavy atom. The average Bonchev–Trinajstić information content (AvgIpc) is 2.65. The third-order valence-corrected chi connectivity index (χ3v) is 5.21. The normalized spacial score (nSPS) is 11.8. The van der Waals surface area contributed by atoms with Gasteiger partial charge < -0.3 is 5.73 Å². The summed E-state index contributed by atoms with van der Waals surface area (Å²) in [6.45, 7) is 1.87. The highest BCUT2D eigenvalue weighted by Gasteiger charge is 2.24. The van der Waals surface area contributed by atoms with E-state index in [2.05, 4.69) is 5.10 Å². The van der Waals surface area contributed by atoms with Gasteiger partial charge in [0.2, 0.25) is 0 Å². The lowest BCUT2D eigenvalue weighted by molar-refractivity contribution is 0.565.